The van der Waals surface area contributed by atoms with E-state index in [0.717, 1.165) is 34.8 Å². The molecule has 0 saturated heterocycles. The molecule has 8 heteroatoms. The SMILES string of the molecule is Cn1cc(C2CC(c3ccc4c(c3)OCO4)=NN2c2ncccn2)cn1. The first-order chi connectivity index (χ1) is 12.8. The number of ether oxygens (including phenoxy) is 2. The van der Waals surface area contributed by atoms with Gasteiger partial charge in [-0.25, -0.2) is 15.0 Å². The van der Waals surface area contributed by atoms with Gasteiger partial charge in [0, 0.05) is 43.2 Å². The Morgan fingerprint density at radius 2 is 1.96 bits per heavy atom. The van der Waals surface area contributed by atoms with Crippen LogP contribution < -0.4 is 14.5 Å². The minimum Gasteiger partial charge on any atom is -0.454 e. The van der Waals surface area contributed by atoms with E-state index in [1.165, 1.54) is 0 Å². The van der Waals surface area contributed by atoms with Crippen molar-refractivity contribution < 1.29 is 9.47 Å². The summed E-state index contributed by atoms with van der Waals surface area (Å²) in [5.74, 6) is 2.08. The van der Waals surface area contributed by atoms with Crippen LogP contribution in [0.1, 0.15) is 23.6 Å². The number of hydrogen-bond acceptors (Lipinski definition) is 7. The number of anilines is 1. The number of aromatic nitrogens is 4. The molecule has 4 heterocycles. The second kappa shape index (κ2) is 5.83. The number of aryl methyl sites for hydroxylation is 1. The van der Waals surface area contributed by atoms with Crippen LogP contribution in [0.3, 0.4) is 0 Å². The lowest BCUT2D eigenvalue weighted by Crippen LogP contribution is -2.20. The minimum absolute atomic E-state index is 0.00785. The lowest BCUT2D eigenvalue weighted by molar-refractivity contribution is 0.174. The van der Waals surface area contributed by atoms with Gasteiger partial charge in [0.1, 0.15) is 0 Å². The zero-order valence-electron chi connectivity index (χ0n) is 14.1. The van der Waals surface area contributed by atoms with Crippen LogP contribution in [0.4, 0.5) is 5.95 Å². The van der Waals surface area contributed by atoms with Crippen molar-refractivity contribution in [1.29, 1.82) is 0 Å². The number of nitrogens with zero attached hydrogens (tertiary/aromatic N) is 6. The molecule has 0 spiro atoms. The monoisotopic (exact) mass is 348 g/mol. The molecule has 0 N–H and O–H groups in total. The van der Waals surface area contributed by atoms with Crippen molar-refractivity contribution >= 4 is 11.7 Å². The van der Waals surface area contributed by atoms with Crippen molar-refractivity contribution in [1.82, 2.24) is 19.7 Å². The van der Waals surface area contributed by atoms with E-state index in [1.807, 2.05) is 42.6 Å². The van der Waals surface area contributed by atoms with Crippen LogP contribution in [0, 0.1) is 0 Å². The van der Waals surface area contributed by atoms with Gasteiger partial charge in [0.2, 0.25) is 12.7 Å². The quantitative estimate of drug-likeness (QED) is 0.723. The molecule has 2 aromatic heterocycles. The average molecular weight is 348 g/mol. The summed E-state index contributed by atoms with van der Waals surface area (Å²) in [6.45, 7) is 0.257. The Bertz CT molecular complexity index is 984. The molecule has 0 bridgehead atoms. The third kappa shape index (κ3) is 2.46. The molecule has 0 amide bonds. The van der Waals surface area contributed by atoms with Gasteiger partial charge in [0.25, 0.3) is 0 Å². The van der Waals surface area contributed by atoms with Gasteiger partial charge >= 0.3 is 0 Å². The normalized spacial score (nSPS) is 18.3. The Morgan fingerprint density at radius 1 is 1.12 bits per heavy atom. The topological polar surface area (TPSA) is 77.7 Å². The van der Waals surface area contributed by atoms with Gasteiger partial charge in [-0.15, -0.1) is 0 Å². The number of fused-ring (bicyclic) bond motifs is 1. The van der Waals surface area contributed by atoms with Crippen LogP contribution in [0.2, 0.25) is 0 Å². The summed E-state index contributed by atoms with van der Waals surface area (Å²) in [6, 6.07) is 7.67. The molecule has 130 valence electrons. The molecular weight excluding hydrogens is 332 g/mol. The highest BCUT2D eigenvalue weighted by Gasteiger charge is 2.32. The van der Waals surface area contributed by atoms with Crippen LogP contribution in [0.25, 0.3) is 0 Å². The summed E-state index contributed by atoms with van der Waals surface area (Å²) >= 11 is 0. The molecule has 1 aromatic carbocycles. The van der Waals surface area contributed by atoms with E-state index in [1.54, 1.807) is 23.1 Å². The second-order valence-electron chi connectivity index (χ2n) is 6.18. The molecule has 2 aliphatic rings. The predicted molar refractivity (Wildman–Crippen MR) is 94.2 cm³/mol. The first-order valence-corrected chi connectivity index (χ1v) is 8.30. The lowest BCUT2D eigenvalue weighted by atomic mass is 10.0. The smallest absolute Gasteiger partial charge is 0.246 e. The Labute approximate surface area is 149 Å². The Balaban J connectivity index is 1.54. The number of rotatable bonds is 3. The van der Waals surface area contributed by atoms with Crippen molar-refractivity contribution in [2.24, 2.45) is 12.1 Å². The fraction of sp³-hybridized carbons (Fsp3) is 0.222. The largest absolute Gasteiger partial charge is 0.454 e. The molecule has 5 rings (SSSR count). The van der Waals surface area contributed by atoms with E-state index in [4.69, 9.17) is 14.6 Å². The van der Waals surface area contributed by atoms with Gasteiger partial charge in [0.05, 0.1) is 18.0 Å². The number of hydrogen-bond donors (Lipinski definition) is 0. The average Bonchev–Trinajstić information content (AvgIpc) is 3.40. The molecule has 26 heavy (non-hydrogen) atoms. The third-order valence-corrected chi connectivity index (χ3v) is 4.48. The molecule has 2 aliphatic heterocycles. The van der Waals surface area contributed by atoms with Gasteiger partial charge in [-0.3, -0.25) is 4.68 Å². The van der Waals surface area contributed by atoms with E-state index in [9.17, 15) is 0 Å². The van der Waals surface area contributed by atoms with Crippen molar-refractivity contribution in [3.05, 3.63) is 60.2 Å². The van der Waals surface area contributed by atoms with E-state index in [-0.39, 0.29) is 12.8 Å². The van der Waals surface area contributed by atoms with Gasteiger partial charge in [-0.2, -0.15) is 10.2 Å². The molecule has 0 fully saturated rings. The maximum atomic E-state index is 5.50. The molecule has 0 saturated carbocycles. The van der Waals surface area contributed by atoms with Crippen molar-refractivity contribution in [3.63, 3.8) is 0 Å². The van der Waals surface area contributed by atoms with E-state index < -0.39 is 0 Å². The highest BCUT2D eigenvalue weighted by Crippen LogP contribution is 2.37. The molecule has 3 aromatic rings. The summed E-state index contributed by atoms with van der Waals surface area (Å²) in [5, 5.41) is 11.0. The molecule has 0 radical (unpaired) electrons. The lowest BCUT2D eigenvalue weighted by Gasteiger charge is -2.19. The zero-order chi connectivity index (χ0) is 17.5. The maximum Gasteiger partial charge on any atom is 0.246 e. The van der Waals surface area contributed by atoms with Crippen molar-refractivity contribution in [2.75, 3.05) is 11.8 Å². The van der Waals surface area contributed by atoms with E-state index >= 15 is 0 Å². The van der Waals surface area contributed by atoms with Crippen molar-refractivity contribution in [3.8, 4) is 11.5 Å². The van der Waals surface area contributed by atoms with E-state index in [2.05, 4.69) is 15.1 Å². The Morgan fingerprint density at radius 3 is 2.77 bits per heavy atom. The fourth-order valence-electron chi connectivity index (χ4n) is 3.23. The second-order valence-corrected chi connectivity index (χ2v) is 6.18. The first kappa shape index (κ1) is 14.9. The molecule has 8 nitrogen and oxygen atoms in total. The Hall–Kier alpha value is -3.42. The summed E-state index contributed by atoms with van der Waals surface area (Å²) < 4.78 is 12.7. The molecule has 1 unspecified atom stereocenters. The standard InChI is InChI=1S/C18H16N6O2/c1-23-10-13(9-21-23)15-8-14(22-24(15)18-19-5-2-6-20-18)12-3-4-16-17(7-12)26-11-25-16/h2-7,9-10,15H,8,11H2,1H3. The number of hydrazone groups is 1. The fourth-order valence-corrected chi connectivity index (χ4v) is 3.23. The highest BCUT2D eigenvalue weighted by atomic mass is 16.7. The van der Waals surface area contributed by atoms with Gasteiger partial charge in [0.15, 0.2) is 11.5 Å². The van der Waals surface area contributed by atoms with E-state index in [0.29, 0.717) is 5.95 Å². The summed E-state index contributed by atoms with van der Waals surface area (Å²) in [4.78, 5) is 8.73. The maximum absolute atomic E-state index is 5.50. The first-order valence-electron chi connectivity index (χ1n) is 8.30. The summed E-state index contributed by atoms with van der Waals surface area (Å²) in [6.07, 6.45) is 8.02. The minimum atomic E-state index is -0.00785. The predicted octanol–water partition coefficient (Wildman–Crippen LogP) is 2.29. The zero-order valence-corrected chi connectivity index (χ0v) is 14.1. The third-order valence-electron chi connectivity index (χ3n) is 4.48. The molecule has 0 aliphatic carbocycles. The van der Waals surface area contributed by atoms with Crippen LogP contribution in [-0.4, -0.2) is 32.3 Å². The van der Waals surface area contributed by atoms with Crippen LogP contribution in [0.5, 0.6) is 11.5 Å². The Kier molecular flexibility index (Phi) is 3.34. The molecular formula is C18H16N6O2. The van der Waals surface area contributed by atoms with Gasteiger partial charge in [-0.1, -0.05) is 0 Å². The van der Waals surface area contributed by atoms with Crippen LogP contribution >= 0.6 is 0 Å². The number of benzene rings is 1. The van der Waals surface area contributed by atoms with Crippen LogP contribution in [-0.2, 0) is 7.05 Å². The van der Waals surface area contributed by atoms with Crippen molar-refractivity contribution in [2.45, 2.75) is 12.5 Å². The summed E-state index contributed by atoms with van der Waals surface area (Å²) in [5.41, 5.74) is 3.02. The summed E-state index contributed by atoms with van der Waals surface area (Å²) in [7, 11) is 1.90. The van der Waals surface area contributed by atoms with Gasteiger partial charge < -0.3 is 9.47 Å². The highest BCUT2D eigenvalue weighted by molar-refractivity contribution is 6.03. The van der Waals surface area contributed by atoms with Crippen LogP contribution in [0.15, 0.2) is 54.2 Å². The van der Waals surface area contributed by atoms with Gasteiger partial charge in [-0.05, 0) is 24.3 Å². The molecule has 1 atom stereocenters.